The van der Waals surface area contributed by atoms with E-state index in [1.807, 2.05) is 0 Å². The molecular weight excluding hydrogens is 258 g/mol. The monoisotopic (exact) mass is 285 g/mol. The van der Waals surface area contributed by atoms with Crippen LogP contribution < -0.4 is 10.2 Å². The third kappa shape index (κ3) is 3.57. The highest BCUT2D eigenvalue weighted by molar-refractivity contribution is 5.45. The lowest BCUT2D eigenvalue weighted by atomic mass is 10.1. The lowest BCUT2D eigenvalue weighted by Crippen LogP contribution is -2.29. The van der Waals surface area contributed by atoms with Gasteiger partial charge in [0, 0.05) is 30.9 Å². The third-order valence-electron chi connectivity index (χ3n) is 4.89. The highest BCUT2D eigenvalue weighted by Gasteiger charge is 2.34. The summed E-state index contributed by atoms with van der Waals surface area (Å²) in [7, 11) is 0. The zero-order chi connectivity index (χ0) is 14.2. The van der Waals surface area contributed by atoms with Gasteiger partial charge in [0.25, 0.3) is 0 Å². The van der Waals surface area contributed by atoms with Crippen LogP contribution in [0.1, 0.15) is 56.7 Å². The Kier molecular flexibility index (Phi) is 3.62. The molecule has 3 saturated carbocycles. The van der Waals surface area contributed by atoms with E-state index in [0.717, 1.165) is 31.0 Å². The molecule has 0 radical (unpaired) electrons. The molecular formula is C18H27N3. The summed E-state index contributed by atoms with van der Waals surface area (Å²) in [6.45, 7) is 4.46. The number of anilines is 1. The normalized spacial score (nSPS) is 21.6. The van der Waals surface area contributed by atoms with Crippen molar-refractivity contribution < 1.29 is 0 Å². The summed E-state index contributed by atoms with van der Waals surface area (Å²) in [4.78, 5) is 7.54. The van der Waals surface area contributed by atoms with E-state index < -0.39 is 0 Å². The fourth-order valence-corrected chi connectivity index (χ4v) is 3.01. The van der Waals surface area contributed by atoms with Gasteiger partial charge in [-0.05, 0) is 68.6 Å². The van der Waals surface area contributed by atoms with Crippen LogP contribution in [0.2, 0.25) is 0 Å². The number of hydrogen-bond donors (Lipinski definition) is 1. The van der Waals surface area contributed by atoms with E-state index >= 15 is 0 Å². The molecule has 1 heterocycles. The van der Waals surface area contributed by atoms with Crippen molar-refractivity contribution >= 4 is 5.82 Å². The molecule has 1 aromatic rings. The van der Waals surface area contributed by atoms with Gasteiger partial charge < -0.3 is 10.2 Å². The summed E-state index contributed by atoms with van der Waals surface area (Å²) in [6, 6.07) is 6.18. The predicted molar refractivity (Wildman–Crippen MR) is 86.6 cm³/mol. The van der Waals surface area contributed by atoms with Crippen LogP contribution in [0, 0.1) is 5.92 Å². The summed E-state index contributed by atoms with van der Waals surface area (Å²) in [6.07, 6.45) is 9.31. The highest BCUT2D eigenvalue weighted by Crippen LogP contribution is 2.37. The maximum Gasteiger partial charge on any atom is 0.129 e. The maximum absolute atomic E-state index is 4.94. The van der Waals surface area contributed by atoms with Crippen molar-refractivity contribution in [1.82, 2.24) is 10.3 Å². The fraction of sp³-hybridized carbons (Fsp3) is 0.722. The van der Waals surface area contributed by atoms with E-state index in [1.54, 1.807) is 0 Å². The highest BCUT2D eigenvalue weighted by atomic mass is 15.2. The molecule has 4 rings (SSSR count). The van der Waals surface area contributed by atoms with Crippen molar-refractivity contribution in [1.29, 1.82) is 0 Å². The molecule has 21 heavy (non-hydrogen) atoms. The first kappa shape index (κ1) is 13.6. The van der Waals surface area contributed by atoms with Gasteiger partial charge in [0.1, 0.15) is 5.82 Å². The largest absolute Gasteiger partial charge is 0.353 e. The van der Waals surface area contributed by atoms with Crippen molar-refractivity contribution in [3.8, 4) is 0 Å². The Bertz CT molecular complexity index is 501. The number of aromatic nitrogens is 1. The topological polar surface area (TPSA) is 28.2 Å². The Labute approximate surface area is 128 Å². The van der Waals surface area contributed by atoms with Gasteiger partial charge >= 0.3 is 0 Å². The molecule has 0 atom stereocenters. The van der Waals surface area contributed by atoms with Gasteiger partial charge in [0.15, 0.2) is 0 Å². The van der Waals surface area contributed by atoms with Crippen molar-refractivity contribution in [3.05, 3.63) is 23.4 Å². The van der Waals surface area contributed by atoms with Crippen LogP contribution in [0.5, 0.6) is 0 Å². The standard InChI is InChI=1S/C18H27N3/c1-2-15-9-14(11-19-16-5-6-16)10-18(20-15)21(17-7-8-17)12-13-3-4-13/h9-10,13,16-17,19H,2-8,11-12H2,1H3. The molecule has 3 fully saturated rings. The van der Waals surface area contributed by atoms with Gasteiger partial charge in [-0.2, -0.15) is 0 Å². The van der Waals surface area contributed by atoms with Crippen LogP contribution in [-0.4, -0.2) is 23.6 Å². The van der Waals surface area contributed by atoms with Crippen LogP contribution >= 0.6 is 0 Å². The molecule has 0 aliphatic heterocycles. The summed E-state index contributed by atoms with van der Waals surface area (Å²) in [5.41, 5.74) is 2.67. The number of rotatable bonds is 8. The molecule has 3 aliphatic rings. The smallest absolute Gasteiger partial charge is 0.129 e. The summed E-state index contributed by atoms with van der Waals surface area (Å²) >= 11 is 0. The average molecular weight is 285 g/mol. The number of pyridine rings is 1. The molecule has 3 aliphatic carbocycles. The van der Waals surface area contributed by atoms with Gasteiger partial charge in [-0.1, -0.05) is 6.92 Å². The minimum atomic E-state index is 0.773. The quantitative estimate of drug-likeness (QED) is 0.794. The van der Waals surface area contributed by atoms with E-state index in [9.17, 15) is 0 Å². The zero-order valence-electron chi connectivity index (χ0n) is 13.1. The molecule has 114 valence electrons. The van der Waals surface area contributed by atoms with E-state index in [1.165, 1.54) is 62.1 Å². The Hall–Kier alpha value is -1.09. The van der Waals surface area contributed by atoms with E-state index in [0.29, 0.717) is 0 Å². The number of hydrogen-bond acceptors (Lipinski definition) is 3. The van der Waals surface area contributed by atoms with Crippen LogP contribution in [0.25, 0.3) is 0 Å². The minimum absolute atomic E-state index is 0.773. The van der Waals surface area contributed by atoms with E-state index in [-0.39, 0.29) is 0 Å². The predicted octanol–water partition coefficient (Wildman–Crippen LogP) is 3.27. The first-order chi connectivity index (χ1) is 10.3. The van der Waals surface area contributed by atoms with Crippen molar-refractivity contribution in [3.63, 3.8) is 0 Å². The Morgan fingerprint density at radius 3 is 2.57 bits per heavy atom. The molecule has 0 amide bonds. The number of nitrogens with zero attached hydrogens (tertiary/aromatic N) is 2. The van der Waals surface area contributed by atoms with Crippen molar-refractivity contribution in [2.45, 2.75) is 70.5 Å². The van der Waals surface area contributed by atoms with Crippen LogP contribution in [0.15, 0.2) is 12.1 Å². The second-order valence-corrected chi connectivity index (χ2v) is 7.16. The summed E-state index contributed by atoms with van der Waals surface area (Å²) < 4.78 is 0. The summed E-state index contributed by atoms with van der Waals surface area (Å²) in [5.74, 6) is 2.18. The minimum Gasteiger partial charge on any atom is -0.353 e. The molecule has 0 saturated heterocycles. The molecule has 1 N–H and O–H groups in total. The molecule has 1 aromatic heterocycles. The first-order valence-electron chi connectivity index (χ1n) is 8.81. The van der Waals surface area contributed by atoms with Gasteiger partial charge in [0.05, 0.1) is 0 Å². The van der Waals surface area contributed by atoms with Gasteiger partial charge in [-0.3, -0.25) is 0 Å². The van der Waals surface area contributed by atoms with Crippen LogP contribution in [0.4, 0.5) is 5.82 Å². The fourth-order valence-electron chi connectivity index (χ4n) is 3.01. The SMILES string of the molecule is CCc1cc(CNC2CC2)cc(N(CC2CC2)C2CC2)n1. The first-order valence-corrected chi connectivity index (χ1v) is 8.81. The number of nitrogens with one attached hydrogen (secondary N) is 1. The average Bonchev–Trinajstić information content (AvgIpc) is 3.38. The molecule has 0 unspecified atom stereocenters. The Balaban J connectivity index is 1.53. The Morgan fingerprint density at radius 1 is 1.14 bits per heavy atom. The molecule has 0 bridgehead atoms. The lowest BCUT2D eigenvalue weighted by Gasteiger charge is -2.25. The van der Waals surface area contributed by atoms with Crippen molar-refractivity contribution in [2.24, 2.45) is 5.92 Å². The lowest BCUT2D eigenvalue weighted by molar-refractivity contribution is 0.679. The molecule has 0 aromatic carbocycles. The van der Waals surface area contributed by atoms with Gasteiger partial charge in [-0.25, -0.2) is 4.98 Å². The third-order valence-corrected chi connectivity index (χ3v) is 4.89. The number of aryl methyl sites for hydroxylation is 1. The van der Waals surface area contributed by atoms with Crippen LogP contribution in [0.3, 0.4) is 0 Å². The van der Waals surface area contributed by atoms with Crippen molar-refractivity contribution in [2.75, 3.05) is 11.4 Å². The maximum atomic E-state index is 4.94. The Morgan fingerprint density at radius 2 is 1.95 bits per heavy atom. The zero-order valence-corrected chi connectivity index (χ0v) is 13.1. The second-order valence-electron chi connectivity index (χ2n) is 7.16. The second kappa shape index (κ2) is 5.60. The van der Waals surface area contributed by atoms with E-state index in [2.05, 4.69) is 29.3 Å². The summed E-state index contributed by atoms with van der Waals surface area (Å²) in [5, 5.41) is 3.64. The molecule has 0 spiro atoms. The van der Waals surface area contributed by atoms with Gasteiger partial charge in [-0.15, -0.1) is 0 Å². The van der Waals surface area contributed by atoms with Crippen LogP contribution in [-0.2, 0) is 13.0 Å². The molecule has 3 nitrogen and oxygen atoms in total. The molecule has 3 heteroatoms. The van der Waals surface area contributed by atoms with Gasteiger partial charge in [0.2, 0.25) is 0 Å². The van der Waals surface area contributed by atoms with E-state index in [4.69, 9.17) is 4.98 Å².